The molecule has 1 unspecified atom stereocenters. The monoisotopic (exact) mass is 767 g/mol. The third-order valence-electron chi connectivity index (χ3n) is 9.92. The Morgan fingerprint density at radius 3 is 2.16 bits per heavy atom. The Hall–Kier alpha value is -5.06. The molecule has 55 heavy (non-hydrogen) atoms. The molecule has 8 N–H and O–H groups in total. The molecule has 0 aliphatic carbocycles. The molecule has 4 fully saturated rings. The largest absolute Gasteiger partial charge is 0.355 e. The highest BCUT2D eigenvalue weighted by atomic mass is 16.2. The Bertz CT molecular complexity index is 1540. The summed E-state index contributed by atoms with van der Waals surface area (Å²) in [5.74, 6) is -4.42. The summed E-state index contributed by atoms with van der Waals surface area (Å²) >= 11 is 0. The summed E-state index contributed by atoms with van der Waals surface area (Å²) in [6.07, 6.45) is 2.25. The fourth-order valence-corrected chi connectivity index (χ4v) is 6.95. The number of carbonyl (C=O) groups is 8. The molecule has 0 radical (unpaired) electrons. The van der Waals surface area contributed by atoms with Gasteiger partial charge in [-0.15, -0.1) is 0 Å². The molecular formula is C38H57N9O8. The van der Waals surface area contributed by atoms with Gasteiger partial charge in [-0.2, -0.15) is 0 Å². The number of hydrogen-bond acceptors (Lipinski definition) is 9. The molecule has 0 aromatic heterocycles. The van der Waals surface area contributed by atoms with Gasteiger partial charge in [-0.05, 0) is 69.8 Å². The summed E-state index contributed by atoms with van der Waals surface area (Å²) in [7, 11) is 0. The molecular weight excluding hydrogens is 710 g/mol. The zero-order valence-electron chi connectivity index (χ0n) is 32.0. The van der Waals surface area contributed by atoms with Crippen molar-refractivity contribution in [3.05, 3.63) is 35.9 Å². The van der Waals surface area contributed by atoms with Crippen molar-refractivity contribution in [1.29, 1.82) is 0 Å². The molecule has 302 valence electrons. The van der Waals surface area contributed by atoms with Gasteiger partial charge in [0.1, 0.15) is 30.2 Å². The third-order valence-corrected chi connectivity index (χ3v) is 9.92. The van der Waals surface area contributed by atoms with E-state index in [4.69, 9.17) is 0 Å². The number of benzene rings is 1. The maximum absolute atomic E-state index is 14.0. The van der Waals surface area contributed by atoms with Gasteiger partial charge >= 0.3 is 0 Å². The van der Waals surface area contributed by atoms with Crippen molar-refractivity contribution in [3.8, 4) is 0 Å². The molecule has 17 nitrogen and oxygen atoms in total. The van der Waals surface area contributed by atoms with Gasteiger partial charge in [0, 0.05) is 32.1 Å². The van der Waals surface area contributed by atoms with E-state index in [0.717, 1.165) is 5.56 Å². The molecule has 1 aromatic rings. The van der Waals surface area contributed by atoms with E-state index in [9.17, 15) is 38.4 Å². The first-order valence-electron chi connectivity index (χ1n) is 19.4. The van der Waals surface area contributed by atoms with Gasteiger partial charge in [-0.25, -0.2) is 0 Å². The van der Waals surface area contributed by atoms with Gasteiger partial charge in [-0.1, -0.05) is 44.2 Å². The Balaban J connectivity index is 1.68. The average Bonchev–Trinajstić information content (AvgIpc) is 3.64. The Labute approximate surface area is 322 Å². The minimum Gasteiger partial charge on any atom is -0.355 e. The Morgan fingerprint density at radius 2 is 1.42 bits per heavy atom. The number of carbonyl (C=O) groups excluding carboxylic acids is 8. The van der Waals surface area contributed by atoms with Crippen molar-refractivity contribution < 1.29 is 38.4 Å². The molecule has 6 atom stereocenters. The van der Waals surface area contributed by atoms with Crippen molar-refractivity contribution in [2.75, 3.05) is 32.7 Å². The summed E-state index contributed by atoms with van der Waals surface area (Å²) in [4.78, 5) is 109. The number of hydrogen-bond donors (Lipinski definition) is 8. The lowest BCUT2D eigenvalue weighted by molar-refractivity contribution is -0.140. The zero-order chi connectivity index (χ0) is 39.9. The highest BCUT2D eigenvalue weighted by Gasteiger charge is 2.37. The number of fused-ring (bicyclic) bond motifs is 24. The van der Waals surface area contributed by atoms with Crippen molar-refractivity contribution >= 4 is 47.3 Å². The molecule has 17 heteroatoms. The van der Waals surface area contributed by atoms with Crippen molar-refractivity contribution in [3.63, 3.8) is 0 Å². The summed E-state index contributed by atoms with van der Waals surface area (Å²) in [5, 5.41) is 22.3. The van der Waals surface area contributed by atoms with E-state index in [1.54, 1.807) is 0 Å². The van der Waals surface area contributed by atoms with Crippen LogP contribution in [0.4, 0.5) is 0 Å². The fourth-order valence-electron chi connectivity index (χ4n) is 6.95. The van der Waals surface area contributed by atoms with Crippen LogP contribution < -0.4 is 42.5 Å². The van der Waals surface area contributed by atoms with Gasteiger partial charge in [0.05, 0.1) is 13.1 Å². The number of amides is 8. The SMILES string of the molecule is CC(C)C[C@@H]1NC(=O)[C@@H]2CCC(=O)NC(Cc3ccccc3)CNCC(=O)NCCCC[C@H](NC(=O)[C@H](C)NC1=O)C(=O)NCC(=O)N1CCC[C@H]1C(=O)N2. The number of nitrogens with one attached hydrogen (secondary N) is 8. The molecule has 4 aliphatic rings. The highest BCUT2D eigenvalue weighted by Crippen LogP contribution is 2.18. The summed E-state index contributed by atoms with van der Waals surface area (Å²) in [6, 6.07) is 3.64. The number of rotatable bonds is 4. The first kappa shape index (κ1) is 42.7. The van der Waals surface area contributed by atoms with Crippen LogP contribution in [0, 0.1) is 5.92 Å². The summed E-state index contributed by atoms with van der Waals surface area (Å²) in [5.41, 5.74) is 0.965. The minimum absolute atomic E-state index is 0.0100. The van der Waals surface area contributed by atoms with E-state index in [1.807, 2.05) is 44.2 Å². The highest BCUT2D eigenvalue weighted by molar-refractivity contribution is 5.97. The van der Waals surface area contributed by atoms with E-state index < -0.39 is 84.1 Å². The standard InChI is InChI=1S/C38H57N9O8/c1-23(2)18-29-37(54)42-24(3)34(51)44-27-12-7-8-16-40-32(49)21-39-20-26(19-25-10-5-4-6-11-25)43-31(48)15-14-28(36(53)46-29)45-38(55)30-13-9-17-47(30)33(50)22-41-35(27)52/h4-6,10-11,23-24,26-30,39H,7-9,12-22H2,1-3H3,(H,40,49)(H,41,52)(H,42,54)(H,43,48)(H,44,51)(H,45,55)(H,46,53)/t24-,26?,27-,28-,29-,30-/m0/s1. The van der Waals surface area contributed by atoms with Crippen LogP contribution in [0.25, 0.3) is 0 Å². The van der Waals surface area contributed by atoms with Crippen molar-refractivity contribution in [2.24, 2.45) is 5.92 Å². The van der Waals surface area contributed by atoms with Crippen LogP contribution in [0.2, 0.25) is 0 Å². The van der Waals surface area contributed by atoms with Crippen molar-refractivity contribution in [2.45, 2.75) is 115 Å². The van der Waals surface area contributed by atoms with E-state index in [0.29, 0.717) is 38.6 Å². The van der Waals surface area contributed by atoms with Crippen LogP contribution >= 0.6 is 0 Å². The van der Waals surface area contributed by atoms with Crippen LogP contribution in [0.1, 0.15) is 77.7 Å². The second kappa shape index (κ2) is 21.1. The molecule has 4 heterocycles. The first-order valence-corrected chi connectivity index (χ1v) is 19.4. The second-order valence-corrected chi connectivity index (χ2v) is 15.0. The molecule has 4 saturated heterocycles. The smallest absolute Gasteiger partial charge is 0.243 e. The van der Waals surface area contributed by atoms with Gasteiger partial charge in [0.2, 0.25) is 47.3 Å². The van der Waals surface area contributed by atoms with E-state index >= 15 is 0 Å². The second-order valence-electron chi connectivity index (χ2n) is 15.0. The zero-order valence-corrected chi connectivity index (χ0v) is 32.0. The van der Waals surface area contributed by atoms with Crippen LogP contribution in [0.3, 0.4) is 0 Å². The third kappa shape index (κ3) is 13.6. The molecule has 1 aromatic carbocycles. The van der Waals surface area contributed by atoms with Crippen LogP contribution in [-0.4, -0.2) is 121 Å². The van der Waals surface area contributed by atoms with E-state index in [2.05, 4.69) is 42.5 Å². The van der Waals surface area contributed by atoms with Crippen molar-refractivity contribution in [1.82, 2.24) is 47.4 Å². The lowest BCUT2D eigenvalue weighted by atomic mass is 10.0. The van der Waals surface area contributed by atoms with Crippen LogP contribution in [0.15, 0.2) is 30.3 Å². The maximum Gasteiger partial charge on any atom is 0.243 e. The molecule has 5 rings (SSSR count). The maximum atomic E-state index is 14.0. The van der Waals surface area contributed by atoms with Gasteiger partial charge in [0.15, 0.2) is 0 Å². The first-order chi connectivity index (χ1) is 26.3. The molecule has 2 bridgehead atoms. The van der Waals surface area contributed by atoms with Crippen LogP contribution in [-0.2, 0) is 44.8 Å². The molecule has 0 saturated carbocycles. The van der Waals surface area contributed by atoms with Gasteiger partial charge in [-0.3, -0.25) is 38.4 Å². The quantitative estimate of drug-likeness (QED) is 0.167. The van der Waals surface area contributed by atoms with E-state index in [1.165, 1.54) is 11.8 Å². The van der Waals surface area contributed by atoms with Gasteiger partial charge < -0.3 is 47.4 Å². The molecule has 4 aliphatic heterocycles. The topological polar surface area (TPSA) is 236 Å². The Morgan fingerprint density at radius 1 is 0.691 bits per heavy atom. The Kier molecular flexibility index (Phi) is 16.4. The predicted molar refractivity (Wildman–Crippen MR) is 202 cm³/mol. The lowest BCUT2D eigenvalue weighted by Gasteiger charge is -2.29. The van der Waals surface area contributed by atoms with E-state index in [-0.39, 0.29) is 57.1 Å². The average molecular weight is 768 g/mol. The lowest BCUT2D eigenvalue weighted by Crippen LogP contribution is -2.59. The minimum atomic E-state index is -1.27. The van der Waals surface area contributed by atoms with Gasteiger partial charge in [0.25, 0.3) is 0 Å². The summed E-state index contributed by atoms with van der Waals surface area (Å²) < 4.78 is 0. The fraction of sp³-hybridized carbons (Fsp3) is 0.632. The summed E-state index contributed by atoms with van der Waals surface area (Å²) in [6.45, 7) is 5.56. The normalized spacial score (nSPS) is 27.8. The number of nitrogens with zero attached hydrogens (tertiary/aromatic N) is 1. The molecule has 0 spiro atoms. The predicted octanol–water partition coefficient (Wildman–Crippen LogP) is -1.49. The molecule has 8 amide bonds. The van der Waals surface area contributed by atoms with Crippen LogP contribution in [0.5, 0.6) is 0 Å².